The van der Waals surface area contributed by atoms with E-state index in [4.69, 9.17) is 0 Å². The lowest BCUT2D eigenvalue weighted by Crippen LogP contribution is -2.30. The van der Waals surface area contributed by atoms with E-state index < -0.39 is 10.0 Å². The topological polar surface area (TPSA) is 49.4 Å². The molecular formula is C14H21BrN2O2S2. The van der Waals surface area contributed by atoms with E-state index in [1.54, 1.807) is 4.31 Å². The Morgan fingerprint density at radius 2 is 2.19 bits per heavy atom. The molecule has 0 bridgehead atoms. The molecule has 0 spiro atoms. The van der Waals surface area contributed by atoms with Crippen molar-refractivity contribution in [2.45, 2.75) is 50.6 Å². The molecule has 1 aromatic rings. The molecule has 0 aromatic carbocycles. The normalized spacial score (nSPS) is 22.8. The number of sulfonamides is 1. The average molecular weight is 393 g/mol. The number of nitrogens with zero attached hydrogens (tertiary/aromatic N) is 1. The maximum Gasteiger partial charge on any atom is 0.245 e. The van der Waals surface area contributed by atoms with Gasteiger partial charge in [0.15, 0.2) is 0 Å². The maximum atomic E-state index is 12.8. The second-order valence-corrected chi connectivity index (χ2v) is 11.1. The summed E-state index contributed by atoms with van der Waals surface area (Å²) in [7, 11) is -3.37. The second kappa shape index (κ2) is 5.60. The van der Waals surface area contributed by atoms with Crippen molar-refractivity contribution in [1.82, 2.24) is 9.62 Å². The van der Waals surface area contributed by atoms with Crippen LogP contribution in [0.1, 0.15) is 38.0 Å². The van der Waals surface area contributed by atoms with Gasteiger partial charge in [0.1, 0.15) is 4.90 Å². The SMILES string of the molecule is CC1(C)CCN(S(=O)(=O)c2cc(CNC3CC3)sc2Br)C1. The molecule has 1 N–H and O–H groups in total. The summed E-state index contributed by atoms with van der Waals surface area (Å²) in [5, 5.41) is 3.43. The van der Waals surface area contributed by atoms with E-state index >= 15 is 0 Å². The Balaban J connectivity index is 1.78. The quantitative estimate of drug-likeness (QED) is 0.836. The van der Waals surface area contributed by atoms with Crippen LogP contribution in [0.4, 0.5) is 0 Å². The van der Waals surface area contributed by atoms with Crippen LogP contribution in [0.2, 0.25) is 0 Å². The molecule has 3 rings (SSSR count). The van der Waals surface area contributed by atoms with Gasteiger partial charge in [0.25, 0.3) is 0 Å². The Morgan fingerprint density at radius 3 is 2.76 bits per heavy atom. The van der Waals surface area contributed by atoms with Gasteiger partial charge in [0.05, 0.1) is 3.79 Å². The van der Waals surface area contributed by atoms with Crippen molar-refractivity contribution in [3.8, 4) is 0 Å². The highest BCUT2D eigenvalue weighted by Gasteiger charge is 2.38. The third-order valence-electron chi connectivity index (χ3n) is 4.11. The van der Waals surface area contributed by atoms with Crippen molar-refractivity contribution in [3.05, 3.63) is 14.7 Å². The van der Waals surface area contributed by atoms with E-state index in [0.717, 1.165) is 21.6 Å². The Kier molecular flexibility index (Phi) is 4.25. The zero-order valence-corrected chi connectivity index (χ0v) is 15.6. The molecule has 1 aromatic heterocycles. The minimum atomic E-state index is -3.37. The van der Waals surface area contributed by atoms with Gasteiger partial charge in [-0.05, 0) is 46.7 Å². The van der Waals surface area contributed by atoms with Gasteiger partial charge in [-0.15, -0.1) is 11.3 Å². The lowest BCUT2D eigenvalue weighted by molar-refractivity contribution is 0.375. The van der Waals surface area contributed by atoms with Crippen molar-refractivity contribution >= 4 is 37.3 Å². The summed E-state index contributed by atoms with van der Waals surface area (Å²) in [5.74, 6) is 0. The highest BCUT2D eigenvalue weighted by Crippen LogP contribution is 2.38. The molecule has 0 amide bonds. The van der Waals surface area contributed by atoms with Crippen molar-refractivity contribution in [2.24, 2.45) is 5.41 Å². The predicted octanol–water partition coefficient (Wildman–Crippen LogP) is 3.18. The highest BCUT2D eigenvalue weighted by molar-refractivity contribution is 9.11. The van der Waals surface area contributed by atoms with Crippen molar-refractivity contribution in [2.75, 3.05) is 13.1 Å². The van der Waals surface area contributed by atoms with Crippen LogP contribution in [-0.4, -0.2) is 31.9 Å². The van der Waals surface area contributed by atoms with Gasteiger partial charge < -0.3 is 5.32 Å². The Labute approximate surface area is 139 Å². The monoisotopic (exact) mass is 392 g/mol. The van der Waals surface area contributed by atoms with Gasteiger partial charge in [0, 0.05) is 30.6 Å². The minimum absolute atomic E-state index is 0.0753. The maximum absolute atomic E-state index is 12.8. The van der Waals surface area contributed by atoms with E-state index in [-0.39, 0.29) is 5.41 Å². The fourth-order valence-corrected chi connectivity index (χ4v) is 6.81. The number of nitrogens with one attached hydrogen (secondary N) is 1. The zero-order chi connectivity index (χ0) is 15.3. The van der Waals surface area contributed by atoms with Crippen LogP contribution in [0.15, 0.2) is 14.7 Å². The molecule has 1 aliphatic carbocycles. The first-order valence-corrected chi connectivity index (χ1v) is 10.3. The highest BCUT2D eigenvalue weighted by atomic mass is 79.9. The van der Waals surface area contributed by atoms with E-state index in [2.05, 4.69) is 35.1 Å². The molecule has 7 heteroatoms. The van der Waals surface area contributed by atoms with Crippen LogP contribution < -0.4 is 5.32 Å². The molecule has 1 saturated carbocycles. The molecule has 118 valence electrons. The Hall–Kier alpha value is 0.0500. The molecule has 1 aliphatic heterocycles. The standard InChI is InChI=1S/C14H21BrN2O2S2/c1-14(2)5-6-17(9-14)21(18,19)12-7-11(20-13(12)15)8-16-10-3-4-10/h7,10,16H,3-6,8-9H2,1-2H3. The van der Waals surface area contributed by atoms with Crippen LogP contribution in [-0.2, 0) is 16.6 Å². The number of halogens is 1. The second-order valence-electron chi connectivity index (χ2n) is 6.76. The first kappa shape index (κ1) is 15.9. The summed E-state index contributed by atoms with van der Waals surface area (Å²) in [6, 6.07) is 2.45. The fraction of sp³-hybridized carbons (Fsp3) is 0.714. The van der Waals surface area contributed by atoms with Crippen molar-refractivity contribution in [1.29, 1.82) is 0 Å². The van der Waals surface area contributed by atoms with Crippen LogP contribution in [0.5, 0.6) is 0 Å². The summed E-state index contributed by atoms with van der Waals surface area (Å²) < 4.78 is 27.9. The van der Waals surface area contributed by atoms with Crippen LogP contribution in [0.25, 0.3) is 0 Å². The molecule has 4 nitrogen and oxygen atoms in total. The van der Waals surface area contributed by atoms with Crippen LogP contribution in [0.3, 0.4) is 0 Å². The van der Waals surface area contributed by atoms with Gasteiger partial charge in [-0.2, -0.15) is 4.31 Å². The minimum Gasteiger partial charge on any atom is -0.309 e. The number of hydrogen-bond donors (Lipinski definition) is 1. The summed E-state index contributed by atoms with van der Waals surface area (Å²) in [5.41, 5.74) is 0.0753. The van der Waals surface area contributed by atoms with Gasteiger partial charge in [-0.25, -0.2) is 8.42 Å². The first-order chi connectivity index (χ1) is 9.78. The van der Waals surface area contributed by atoms with E-state index in [1.165, 1.54) is 24.2 Å². The summed E-state index contributed by atoms with van der Waals surface area (Å²) in [6.07, 6.45) is 3.39. The number of thiophene rings is 1. The van der Waals surface area contributed by atoms with Crippen molar-refractivity contribution in [3.63, 3.8) is 0 Å². The predicted molar refractivity (Wildman–Crippen MR) is 89.0 cm³/mol. The smallest absolute Gasteiger partial charge is 0.245 e. The van der Waals surface area contributed by atoms with E-state index in [0.29, 0.717) is 24.0 Å². The molecule has 1 saturated heterocycles. The van der Waals surface area contributed by atoms with Gasteiger partial charge in [0.2, 0.25) is 10.0 Å². The third kappa shape index (κ3) is 3.52. The zero-order valence-electron chi connectivity index (χ0n) is 12.4. The third-order valence-corrected chi connectivity index (χ3v) is 8.21. The molecule has 2 fully saturated rings. The largest absolute Gasteiger partial charge is 0.309 e. The fourth-order valence-electron chi connectivity index (χ4n) is 2.60. The molecule has 0 unspecified atom stereocenters. The lowest BCUT2D eigenvalue weighted by atomic mass is 9.93. The number of hydrogen-bond acceptors (Lipinski definition) is 4. The van der Waals surface area contributed by atoms with Gasteiger partial charge in [-0.1, -0.05) is 13.8 Å². The van der Waals surface area contributed by atoms with E-state index in [1.807, 2.05) is 6.07 Å². The van der Waals surface area contributed by atoms with Crippen molar-refractivity contribution < 1.29 is 8.42 Å². The van der Waals surface area contributed by atoms with Crippen LogP contribution in [0, 0.1) is 5.41 Å². The summed E-state index contributed by atoms with van der Waals surface area (Å²) in [4.78, 5) is 1.50. The Morgan fingerprint density at radius 1 is 1.48 bits per heavy atom. The first-order valence-electron chi connectivity index (χ1n) is 7.30. The van der Waals surface area contributed by atoms with Gasteiger partial charge >= 0.3 is 0 Å². The molecule has 0 atom stereocenters. The molecule has 2 aliphatic rings. The molecule has 2 heterocycles. The van der Waals surface area contributed by atoms with E-state index in [9.17, 15) is 8.42 Å². The van der Waals surface area contributed by atoms with Crippen LogP contribution >= 0.6 is 27.3 Å². The molecular weight excluding hydrogens is 372 g/mol. The average Bonchev–Trinajstić information content (AvgIpc) is 3.03. The Bertz CT molecular complexity index is 635. The molecule has 21 heavy (non-hydrogen) atoms. The lowest BCUT2D eigenvalue weighted by Gasteiger charge is -2.19. The number of rotatable bonds is 5. The summed E-state index contributed by atoms with van der Waals surface area (Å²) in [6.45, 7) is 6.22. The molecule has 0 radical (unpaired) electrons. The summed E-state index contributed by atoms with van der Waals surface area (Å²) >= 11 is 4.95. The van der Waals surface area contributed by atoms with Gasteiger partial charge in [-0.3, -0.25) is 0 Å².